The Morgan fingerprint density at radius 3 is 2.84 bits per heavy atom. The molecule has 136 valence electrons. The summed E-state index contributed by atoms with van der Waals surface area (Å²) in [7, 11) is 0. The fraction of sp³-hybridized carbons (Fsp3) is 0.611. The number of fused-ring (bicyclic) bond motifs is 2. The van der Waals surface area contributed by atoms with Crippen molar-refractivity contribution in [2.45, 2.75) is 63.3 Å². The molecule has 1 saturated heterocycles. The van der Waals surface area contributed by atoms with Gasteiger partial charge in [0.05, 0.1) is 11.7 Å². The number of benzene rings is 1. The van der Waals surface area contributed by atoms with Crippen LogP contribution in [-0.2, 0) is 16.8 Å². The Bertz CT molecular complexity index is 816. The Morgan fingerprint density at radius 1 is 1.36 bits per heavy atom. The van der Waals surface area contributed by atoms with Crippen molar-refractivity contribution in [3.8, 4) is 0 Å². The van der Waals surface area contributed by atoms with Crippen LogP contribution in [0.4, 0.5) is 13.2 Å². The molecule has 1 aliphatic carbocycles. The Balaban J connectivity index is 1.90. The van der Waals surface area contributed by atoms with Gasteiger partial charge in [-0.15, -0.1) is 0 Å². The first-order valence-electron chi connectivity index (χ1n) is 8.76. The van der Waals surface area contributed by atoms with Gasteiger partial charge in [0.1, 0.15) is 0 Å². The van der Waals surface area contributed by atoms with Crippen molar-refractivity contribution in [3.63, 3.8) is 0 Å². The molecule has 0 radical (unpaired) electrons. The zero-order valence-corrected chi connectivity index (χ0v) is 15.6. The van der Waals surface area contributed by atoms with Crippen LogP contribution in [-0.4, -0.2) is 22.3 Å². The molecule has 1 aliphatic heterocycles. The molecule has 0 saturated carbocycles. The second kappa shape index (κ2) is 5.98. The van der Waals surface area contributed by atoms with Gasteiger partial charge in [-0.25, -0.2) is 17.9 Å². The number of aromatic nitrogens is 2. The summed E-state index contributed by atoms with van der Waals surface area (Å²) < 4.78 is 52.1. The van der Waals surface area contributed by atoms with Crippen LogP contribution in [0, 0.1) is 0 Å². The highest BCUT2D eigenvalue weighted by molar-refractivity contribution is 9.10. The summed E-state index contributed by atoms with van der Waals surface area (Å²) in [6.45, 7) is 2.16. The van der Waals surface area contributed by atoms with Crippen molar-refractivity contribution in [1.29, 1.82) is 0 Å². The third-order valence-corrected chi connectivity index (χ3v) is 6.35. The van der Waals surface area contributed by atoms with E-state index in [1.54, 1.807) is 10.9 Å². The summed E-state index contributed by atoms with van der Waals surface area (Å²) in [5.74, 6) is -3.37. The fourth-order valence-corrected chi connectivity index (χ4v) is 4.95. The highest BCUT2D eigenvalue weighted by atomic mass is 79.9. The zero-order valence-electron chi connectivity index (χ0n) is 14.0. The van der Waals surface area contributed by atoms with Gasteiger partial charge in [0.25, 0.3) is 5.92 Å². The van der Waals surface area contributed by atoms with Crippen LogP contribution in [0.15, 0.2) is 16.7 Å². The molecule has 0 spiro atoms. The molecule has 2 aromatic rings. The Kier molecular flexibility index (Phi) is 4.15. The summed E-state index contributed by atoms with van der Waals surface area (Å²) in [4.78, 5) is 0. The highest BCUT2D eigenvalue weighted by Crippen LogP contribution is 2.54. The third kappa shape index (κ3) is 2.46. The van der Waals surface area contributed by atoms with Crippen LogP contribution < -0.4 is 0 Å². The summed E-state index contributed by atoms with van der Waals surface area (Å²) >= 11 is 3.41. The van der Waals surface area contributed by atoms with Crippen LogP contribution in [0.3, 0.4) is 0 Å². The number of hydrogen-bond donors (Lipinski definition) is 0. The van der Waals surface area contributed by atoms with Crippen LogP contribution in [0.25, 0.3) is 10.9 Å². The smallest absolute Gasteiger partial charge is 0.285 e. The lowest BCUT2D eigenvalue weighted by Gasteiger charge is -2.39. The van der Waals surface area contributed by atoms with Crippen LogP contribution in [0.5, 0.6) is 0 Å². The second-order valence-corrected chi connectivity index (χ2v) is 7.72. The van der Waals surface area contributed by atoms with Gasteiger partial charge in [-0.3, -0.25) is 0 Å². The molecule has 3 nitrogen and oxygen atoms in total. The van der Waals surface area contributed by atoms with Gasteiger partial charge < -0.3 is 4.74 Å². The minimum absolute atomic E-state index is 0.0860. The SMILES string of the molecule is CCC1(F)c2c(cc3c(cnn3C3CCCCO3)c2Br)CCC1(F)F. The van der Waals surface area contributed by atoms with Gasteiger partial charge in [-0.2, -0.15) is 5.10 Å². The fourth-order valence-electron chi connectivity index (χ4n) is 4.08. The quantitative estimate of drug-likeness (QED) is 0.631. The highest BCUT2D eigenvalue weighted by Gasteiger charge is 2.58. The van der Waals surface area contributed by atoms with Crippen molar-refractivity contribution < 1.29 is 17.9 Å². The molecule has 0 N–H and O–H groups in total. The van der Waals surface area contributed by atoms with Gasteiger partial charge in [0.15, 0.2) is 11.9 Å². The predicted octanol–water partition coefficient (Wildman–Crippen LogP) is 5.65. The lowest BCUT2D eigenvalue weighted by Crippen LogP contribution is -2.45. The van der Waals surface area contributed by atoms with Crippen molar-refractivity contribution in [2.24, 2.45) is 0 Å². The maximum atomic E-state index is 15.4. The number of aryl methyl sites for hydroxylation is 1. The summed E-state index contributed by atoms with van der Waals surface area (Å²) in [5.41, 5.74) is -1.13. The molecule has 25 heavy (non-hydrogen) atoms. The minimum atomic E-state index is -3.37. The molecule has 1 aromatic carbocycles. The van der Waals surface area contributed by atoms with Crippen LogP contribution in [0.2, 0.25) is 0 Å². The summed E-state index contributed by atoms with van der Waals surface area (Å²) in [6, 6.07) is 1.82. The van der Waals surface area contributed by atoms with Crippen molar-refractivity contribution in [3.05, 3.63) is 27.9 Å². The van der Waals surface area contributed by atoms with E-state index in [4.69, 9.17) is 4.74 Å². The molecular weight excluding hydrogens is 397 g/mol. The zero-order chi connectivity index (χ0) is 17.8. The van der Waals surface area contributed by atoms with Gasteiger partial charge in [0.2, 0.25) is 0 Å². The van der Waals surface area contributed by atoms with Crippen LogP contribution in [0.1, 0.15) is 56.4 Å². The Hall–Kier alpha value is -1.08. The summed E-state index contributed by atoms with van der Waals surface area (Å²) in [6.07, 6.45) is 3.83. The molecule has 2 atom stereocenters. The largest absolute Gasteiger partial charge is 0.356 e. The van der Waals surface area contributed by atoms with E-state index in [0.717, 1.165) is 24.8 Å². The van der Waals surface area contributed by atoms with E-state index in [0.29, 0.717) is 22.0 Å². The number of alkyl halides is 3. The van der Waals surface area contributed by atoms with Crippen molar-refractivity contribution in [1.82, 2.24) is 9.78 Å². The molecular formula is C18H20BrF3N2O. The summed E-state index contributed by atoms with van der Waals surface area (Å²) in [5, 5.41) is 5.07. The van der Waals surface area contributed by atoms with Crippen molar-refractivity contribution in [2.75, 3.05) is 6.61 Å². The lowest BCUT2D eigenvalue weighted by molar-refractivity contribution is -0.156. The second-order valence-electron chi connectivity index (χ2n) is 6.93. The standard InChI is InChI=1S/C18H20BrF3N2O/c1-2-17(20)15-11(6-7-18(17,21)22)9-13-12(16(15)19)10-23-24(13)14-5-3-4-8-25-14/h9-10,14H,2-8H2,1H3. The third-order valence-electron chi connectivity index (χ3n) is 5.52. The molecule has 1 fully saturated rings. The van der Waals surface area contributed by atoms with E-state index in [-0.39, 0.29) is 24.6 Å². The van der Waals surface area contributed by atoms with E-state index < -0.39 is 18.0 Å². The molecule has 2 aliphatic rings. The Morgan fingerprint density at radius 2 is 2.16 bits per heavy atom. The number of hydrogen-bond acceptors (Lipinski definition) is 2. The maximum absolute atomic E-state index is 15.4. The molecule has 0 bridgehead atoms. The average molecular weight is 417 g/mol. The van der Waals surface area contributed by atoms with Gasteiger partial charge in [-0.05, 0) is 59.7 Å². The number of rotatable bonds is 2. The number of halogens is 4. The lowest BCUT2D eigenvalue weighted by atomic mass is 9.75. The predicted molar refractivity (Wildman–Crippen MR) is 92.6 cm³/mol. The van der Waals surface area contributed by atoms with E-state index in [2.05, 4.69) is 21.0 Å². The minimum Gasteiger partial charge on any atom is -0.356 e. The van der Waals surface area contributed by atoms with E-state index in [1.807, 2.05) is 6.07 Å². The monoisotopic (exact) mass is 416 g/mol. The van der Waals surface area contributed by atoms with Gasteiger partial charge in [0, 0.05) is 28.5 Å². The first-order valence-corrected chi connectivity index (χ1v) is 9.56. The molecule has 2 heterocycles. The first-order chi connectivity index (χ1) is 11.9. The number of ether oxygens (including phenoxy) is 1. The van der Waals surface area contributed by atoms with E-state index in [1.165, 1.54) is 6.92 Å². The maximum Gasteiger partial charge on any atom is 0.285 e. The topological polar surface area (TPSA) is 27.1 Å². The van der Waals surface area contributed by atoms with Gasteiger partial charge in [-0.1, -0.05) is 6.92 Å². The van der Waals surface area contributed by atoms with Crippen molar-refractivity contribution >= 4 is 26.8 Å². The molecule has 7 heteroatoms. The average Bonchev–Trinajstić information content (AvgIpc) is 3.03. The van der Waals surface area contributed by atoms with E-state index >= 15 is 4.39 Å². The number of nitrogens with zero attached hydrogens (tertiary/aromatic N) is 2. The van der Waals surface area contributed by atoms with Gasteiger partial charge >= 0.3 is 0 Å². The molecule has 0 amide bonds. The normalized spacial score (nSPS) is 28.9. The first kappa shape index (κ1) is 17.3. The van der Waals surface area contributed by atoms with Crippen LogP contribution >= 0.6 is 15.9 Å². The molecule has 4 rings (SSSR count). The van der Waals surface area contributed by atoms with E-state index in [9.17, 15) is 8.78 Å². The molecule has 1 aromatic heterocycles. The Labute approximate surface area is 152 Å². The molecule has 2 unspecified atom stereocenters.